The van der Waals surface area contributed by atoms with Crippen molar-refractivity contribution in [1.82, 2.24) is 9.97 Å². The minimum atomic E-state index is -3.91. The van der Waals surface area contributed by atoms with Gasteiger partial charge in [0.15, 0.2) is 5.82 Å². The van der Waals surface area contributed by atoms with Crippen LogP contribution in [-0.2, 0) is 10.0 Å². The van der Waals surface area contributed by atoms with Gasteiger partial charge in [0.1, 0.15) is 0 Å². The van der Waals surface area contributed by atoms with E-state index in [2.05, 4.69) is 20.0 Å². The fourth-order valence-corrected chi connectivity index (χ4v) is 4.24. The van der Waals surface area contributed by atoms with Crippen LogP contribution in [0.15, 0.2) is 96.2 Å². The van der Waals surface area contributed by atoms with Crippen LogP contribution in [0.4, 0.5) is 11.4 Å². The summed E-state index contributed by atoms with van der Waals surface area (Å²) in [6.07, 6.45) is 2.84. The Labute approximate surface area is 190 Å². The Morgan fingerprint density at radius 2 is 1.53 bits per heavy atom. The minimum Gasteiger partial charge on any atom is -0.322 e. The highest BCUT2D eigenvalue weighted by molar-refractivity contribution is 7.92. The third kappa shape index (κ3) is 4.93. The SMILES string of the molecule is O=C(Nc1cccc(S(=O)(=O)Nc2ccccc2Cl)c1)c1cnc(-c2ccccc2)nc1. The van der Waals surface area contributed by atoms with Crippen LogP contribution in [0.2, 0.25) is 5.02 Å². The smallest absolute Gasteiger partial charge is 0.262 e. The number of nitrogens with zero attached hydrogens (tertiary/aromatic N) is 2. The van der Waals surface area contributed by atoms with Gasteiger partial charge < -0.3 is 5.32 Å². The second-order valence-corrected chi connectivity index (χ2v) is 8.82. The lowest BCUT2D eigenvalue weighted by Gasteiger charge is -2.11. The zero-order valence-corrected chi connectivity index (χ0v) is 18.1. The Hall–Kier alpha value is -3.75. The Balaban J connectivity index is 1.50. The van der Waals surface area contributed by atoms with E-state index in [9.17, 15) is 13.2 Å². The summed E-state index contributed by atoms with van der Waals surface area (Å²) in [5, 5.41) is 2.95. The minimum absolute atomic E-state index is 0.0223. The average molecular weight is 465 g/mol. The van der Waals surface area contributed by atoms with Crippen molar-refractivity contribution in [3.63, 3.8) is 0 Å². The summed E-state index contributed by atoms with van der Waals surface area (Å²) in [6.45, 7) is 0. The molecule has 0 radical (unpaired) electrons. The number of sulfonamides is 1. The number of anilines is 2. The lowest BCUT2D eigenvalue weighted by molar-refractivity contribution is 0.102. The van der Waals surface area contributed by atoms with Gasteiger partial charge in [0.2, 0.25) is 0 Å². The summed E-state index contributed by atoms with van der Waals surface area (Å²) in [4.78, 5) is 21.0. The first-order chi connectivity index (χ1) is 15.4. The van der Waals surface area contributed by atoms with Crippen molar-refractivity contribution in [2.75, 3.05) is 10.0 Å². The topological polar surface area (TPSA) is 101 Å². The number of rotatable bonds is 6. The van der Waals surface area contributed by atoms with Crippen molar-refractivity contribution < 1.29 is 13.2 Å². The normalized spacial score (nSPS) is 11.0. The van der Waals surface area contributed by atoms with E-state index in [0.717, 1.165) is 5.56 Å². The molecule has 32 heavy (non-hydrogen) atoms. The van der Waals surface area contributed by atoms with Crippen LogP contribution in [0.1, 0.15) is 10.4 Å². The van der Waals surface area contributed by atoms with E-state index < -0.39 is 15.9 Å². The van der Waals surface area contributed by atoms with Gasteiger partial charge >= 0.3 is 0 Å². The van der Waals surface area contributed by atoms with Gasteiger partial charge in [-0.15, -0.1) is 0 Å². The monoisotopic (exact) mass is 464 g/mol. The molecule has 0 saturated carbocycles. The molecule has 7 nitrogen and oxygen atoms in total. The molecule has 0 atom stereocenters. The third-order valence-corrected chi connectivity index (χ3v) is 6.16. The van der Waals surface area contributed by atoms with E-state index in [0.29, 0.717) is 11.5 Å². The first kappa shape index (κ1) is 21.5. The largest absolute Gasteiger partial charge is 0.322 e. The molecule has 4 aromatic rings. The molecular weight excluding hydrogens is 448 g/mol. The molecule has 0 bridgehead atoms. The second kappa shape index (κ2) is 9.17. The molecule has 0 spiro atoms. The summed E-state index contributed by atoms with van der Waals surface area (Å²) in [5.74, 6) is 0.0408. The van der Waals surface area contributed by atoms with E-state index in [1.807, 2.05) is 30.3 Å². The quantitative estimate of drug-likeness (QED) is 0.424. The number of hydrogen-bond donors (Lipinski definition) is 2. The van der Waals surface area contributed by atoms with Gasteiger partial charge in [-0.25, -0.2) is 18.4 Å². The lowest BCUT2D eigenvalue weighted by Crippen LogP contribution is -2.15. The Bertz CT molecular complexity index is 1360. The van der Waals surface area contributed by atoms with Gasteiger partial charge in [0.25, 0.3) is 15.9 Å². The van der Waals surface area contributed by atoms with Gasteiger partial charge in [-0.05, 0) is 30.3 Å². The van der Waals surface area contributed by atoms with Crippen molar-refractivity contribution in [2.24, 2.45) is 0 Å². The fraction of sp³-hybridized carbons (Fsp3) is 0. The number of aromatic nitrogens is 2. The number of hydrogen-bond acceptors (Lipinski definition) is 5. The molecule has 0 saturated heterocycles. The molecule has 0 aliphatic rings. The molecule has 0 aliphatic carbocycles. The van der Waals surface area contributed by atoms with Crippen molar-refractivity contribution in [3.8, 4) is 11.4 Å². The molecule has 9 heteroatoms. The van der Waals surface area contributed by atoms with Gasteiger partial charge in [-0.1, -0.05) is 60.1 Å². The number of para-hydroxylation sites is 1. The highest BCUT2D eigenvalue weighted by Gasteiger charge is 2.17. The van der Waals surface area contributed by atoms with Crippen LogP contribution in [0, 0.1) is 0 Å². The number of amides is 1. The zero-order chi connectivity index (χ0) is 22.6. The highest BCUT2D eigenvalue weighted by atomic mass is 35.5. The van der Waals surface area contributed by atoms with Gasteiger partial charge in [0.05, 0.1) is 21.2 Å². The third-order valence-electron chi connectivity index (χ3n) is 4.47. The number of benzene rings is 3. The van der Waals surface area contributed by atoms with Crippen molar-refractivity contribution >= 4 is 38.9 Å². The molecule has 1 heterocycles. The number of carbonyl (C=O) groups excluding carboxylic acids is 1. The van der Waals surface area contributed by atoms with Gasteiger partial charge in [-0.3, -0.25) is 9.52 Å². The fourth-order valence-electron chi connectivity index (χ4n) is 2.87. The molecule has 0 fully saturated rings. The summed E-state index contributed by atoms with van der Waals surface area (Å²) >= 11 is 6.04. The van der Waals surface area contributed by atoms with E-state index >= 15 is 0 Å². The van der Waals surface area contributed by atoms with E-state index in [4.69, 9.17) is 11.6 Å². The van der Waals surface area contributed by atoms with Gasteiger partial charge in [0, 0.05) is 23.6 Å². The molecule has 3 aromatic carbocycles. The van der Waals surface area contributed by atoms with Crippen LogP contribution < -0.4 is 10.0 Å². The molecule has 0 aliphatic heterocycles. The van der Waals surface area contributed by atoms with Crippen molar-refractivity contribution in [2.45, 2.75) is 4.90 Å². The van der Waals surface area contributed by atoms with Crippen LogP contribution >= 0.6 is 11.6 Å². The Kier molecular flexibility index (Phi) is 6.16. The number of nitrogens with one attached hydrogen (secondary N) is 2. The van der Waals surface area contributed by atoms with Gasteiger partial charge in [-0.2, -0.15) is 0 Å². The molecule has 0 unspecified atom stereocenters. The maximum absolute atomic E-state index is 12.7. The number of halogens is 1. The van der Waals surface area contributed by atoms with E-state index in [1.165, 1.54) is 30.6 Å². The predicted molar refractivity (Wildman–Crippen MR) is 124 cm³/mol. The molecule has 1 amide bonds. The maximum Gasteiger partial charge on any atom is 0.262 e. The van der Waals surface area contributed by atoms with Crippen molar-refractivity contribution in [3.05, 3.63) is 102 Å². The first-order valence-corrected chi connectivity index (χ1v) is 11.3. The highest BCUT2D eigenvalue weighted by Crippen LogP contribution is 2.25. The summed E-state index contributed by atoms with van der Waals surface area (Å²) in [6, 6.07) is 21.8. The molecule has 2 N–H and O–H groups in total. The summed E-state index contributed by atoms with van der Waals surface area (Å²) in [5.41, 5.74) is 1.65. The van der Waals surface area contributed by atoms with Crippen molar-refractivity contribution in [1.29, 1.82) is 0 Å². The Morgan fingerprint density at radius 1 is 0.844 bits per heavy atom. The van der Waals surface area contributed by atoms with Crippen LogP contribution in [0.3, 0.4) is 0 Å². The van der Waals surface area contributed by atoms with E-state index in [-0.39, 0.29) is 21.2 Å². The molecular formula is C23H17ClN4O3S. The Morgan fingerprint density at radius 3 is 2.25 bits per heavy atom. The molecule has 4 rings (SSSR count). The van der Waals surface area contributed by atoms with Crippen LogP contribution in [0.25, 0.3) is 11.4 Å². The summed E-state index contributed by atoms with van der Waals surface area (Å²) in [7, 11) is -3.91. The maximum atomic E-state index is 12.7. The number of carbonyl (C=O) groups is 1. The van der Waals surface area contributed by atoms with Crippen LogP contribution in [0.5, 0.6) is 0 Å². The molecule has 160 valence electrons. The average Bonchev–Trinajstić information content (AvgIpc) is 2.81. The molecule has 1 aromatic heterocycles. The van der Waals surface area contributed by atoms with Crippen LogP contribution in [-0.4, -0.2) is 24.3 Å². The standard InChI is InChI=1S/C23H17ClN4O3S/c24-20-11-4-5-12-21(20)28-32(30,31)19-10-6-9-18(13-19)27-23(29)17-14-25-22(26-15-17)16-7-2-1-3-8-16/h1-15,28H,(H,27,29). The predicted octanol–water partition coefficient (Wildman–Crippen LogP) is 4.85. The first-order valence-electron chi connectivity index (χ1n) is 9.49. The van der Waals surface area contributed by atoms with E-state index in [1.54, 1.807) is 30.3 Å². The lowest BCUT2D eigenvalue weighted by atomic mass is 10.2. The zero-order valence-electron chi connectivity index (χ0n) is 16.6. The summed E-state index contributed by atoms with van der Waals surface area (Å²) < 4.78 is 27.9. The second-order valence-electron chi connectivity index (χ2n) is 6.73.